The maximum absolute atomic E-state index is 5.49. The standard InChI is InChI=1S/C53H80N2S2/c1-7-11-15-19-23-27-31-48-42(6)56-51(54-48)52-55-49(32-28-24-20-16-12-8-2)50(57-52)43-34-36-45-44-35-33-41(5)39-46(44)53(47(45)40-43,37-29-25-21-17-13-9-3)38-30-26-22-18-14-10-4/h33-36,39-40H,7-32,37-38H2,1-6H3. The number of thiazole rings is 2. The van der Waals surface area contributed by atoms with E-state index in [1.165, 1.54) is 210 Å². The molecule has 0 bridgehead atoms. The molecule has 57 heavy (non-hydrogen) atoms. The number of fused-ring (bicyclic) bond motifs is 3. The van der Waals surface area contributed by atoms with E-state index in [-0.39, 0.29) is 5.41 Å². The summed E-state index contributed by atoms with van der Waals surface area (Å²) in [6.07, 6.45) is 36.7. The number of hydrogen-bond acceptors (Lipinski definition) is 4. The molecule has 0 unspecified atom stereocenters. The number of rotatable bonds is 30. The molecule has 0 spiro atoms. The third-order valence-electron chi connectivity index (χ3n) is 13.0. The second-order valence-corrected chi connectivity index (χ2v) is 20.0. The number of nitrogens with zero attached hydrogens (tertiary/aromatic N) is 2. The molecule has 0 atom stereocenters. The lowest BCUT2D eigenvalue weighted by Crippen LogP contribution is -2.25. The molecule has 0 N–H and O–H groups in total. The summed E-state index contributed by atoms with van der Waals surface area (Å²) in [4.78, 5) is 13.6. The molecule has 2 aromatic carbocycles. The van der Waals surface area contributed by atoms with E-state index in [9.17, 15) is 0 Å². The van der Waals surface area contributed by atoms with Gasteiger partial charge in [0.1, 0.15) is 0 Å². The van der Waals surface area contributed by atoms with Crippen molar-refractivity contribution in [3.8, 4) is 31.6 Å². The Kier molecular flexibility index (Phi) is 19.8. The summed E-state index contributed by atoms with van der Waals surface area (Å²) in [5.41, 5.74) is 11.7. The second kappa shape index (κ2) is 24.7. The van der Waals surface area contributed by atoms with Gasteiger partial charge in [-0.3, -0.25) is 0 Å². The van der Waals surface area contributed by atoms with Crippen LogP contribution in [-0.4, -0.2) is 9.97 Å². The second-order valence-electron chi connectivity index (χ2n) is 17.8. The fourth-order valence-electron chi connectivity index (χ4n) is 9.56. The van der Waals surface area contributed by atoms with Gasteiger partial charge in [0.15, 0.2) is 10.0 Å². The number of benzene rings is 2. The Morgan fingerprint density at radius 3 is 1.46 bits per heavy atom. The maximum Gasteiger partial charge on any atom is 0.153 e. The molecular weight excluding hydrogens is 729 g/mol. The van der Waals surface area contributed by atoms with Crippen LogP contribution in [0.1, 0.15) is 228 Å². The topological polar surface area (TPSA) is 25.8 Å². The van der Waals surface area contributed by atoms with E-state index in [0.29, 0.717) is 0 Å². The molecule has 2 aromatic heterocycles. The number of hydrogen-bond donors (Lipinski definition) is 0. The summed E-state index contributed by atoms with van der Waals surface area (Å²) in [5.74, 6) is 0. The minimum absolute atomic E-state index is 0.0903. The fourth-order valence-corrected chi connectivity index (χ4v) is 11.7. The summed E-state index contributed by atoms with van der Waals surface area (Å²) in [5, 5.41) is 2.27. The molecule has 0 saturated heterocycles. The first-order chi connectivity index (χ1) is 27.9. The highest BCUT2D eigenvalue weighted by atomic mass is 32.1. The molecule has 5 rings (SSSR count). The lowest BCUT2D eigenvalue weighted by molar-refractivity contribution is 0.398. The highest BCUT2D eigenvalue weighted by Gasteiger charge is 2.42. The van der Waals surface area contributed by atoms with Gasteiger partial charge in [0.05, 0.1) is 16.3 Å². The van der Waals surface area contributed by atoms with Crippen LogP contribution in [-0.2, 0) is 18.3 Å². The number of aromatic nitrogens is 2. The smallest absolute Gasteiger partial charge is 0.153 e. The molecule has 4 aromatic rings. The van der Waals surface area contributed by atoms with E-state index < -0.39 is 0 Å². The van der Waals surface area contributed by atoms with Crippen molar-refractivity contribution in [3.05, 3.63) is 69.4 Å². The average molecular weight is 809 g/mol. The molecule has 4 heteroatoms. The normalized spacial score (nSPS) is 13.1. The fraction of sp³-hybridized carbons (Fsp3) is 0.660. The van der Waals surface area contributed by atoms with Crippen LogP contribution in [0.4, 0.5) is 0 Å². The van der Waals surface area contributed by atoms with Gasteiger partial charge in [0.25, 0.3) is 0 Å². The van der Waals surface area contributed by atoms with E-state index in [2.05, 4.69) is 77.9 Å². The number of unbranched alkanes of at least 4 members (excludes halogenated alkanes) is 20. The maximum atomic E-state index is 5.49. The van der Waals surface area contributed by atoms with Gasteiger partial charge in [0, 0.05) is 10.3 Å². The van der Waals surface area contributed by atoms with Crippen LogP contribution >= 0.6 is 22.7 Å². The zero-order valence-corrected chi connectivity index (χ0v) is 39.1. The van der Waals surface area contributed by atoms with Crippen molar-refractivity contribution >= 4 is 22.7 Å². The highest BCUT2D eigenvalue weighted by molar-refractivity contribution is 7.23. The van der Waals surface area contributed by atoms with E-state index in [0.717, 1.165) is 22.9 Å². The van der Waals surface area contributed by atoms with Gasteiger partial charge < -0.3 is 0 Å². The summed E-state index contributed by atoms with van der Waals surface area (Å²) < 4.78 is 0. The molecule has 0 saturated carbocycles. The minimum atomic E-state index is 0.0903. The predicted molar refractivity (Wildman–Crippen MR) is 254 cm³/mol. The van der Waals surface area contributed by atoms with Crippen molar-refractivity contribution in [2.45, 2.75) is 227 Å². The molecule has 2 heterocycles. The summed E-state index contributed by atoms with van der Waals surface area (Å²) >= 11 is 3.80. The largest absolute Gasteiger partial charge is 0.238 e. The van der Waals surface area contributed by atoms with Crippen molar-refractivity contribution in [2.75, 3.05) is 0 Å². The van der Waals surface area contributed by atoms with Crippen molar-refractivity contribution in [2.24, 2.45) is 0 Å². The monoisotopic (exact) mass is 809 g/mol. The Bertz CT molecular complexity index is 1730. The lowest BCUT2D eigenvalue weighted by Gasteiger charge is -2.33. The Hall–Kier alpha value is -2.30. The van der Waals surface area contributed by atoms with Gasteiger partial charge in [-0.25, -0.2) is 9.97 Å². The molecule has 0 aliphatic heterocycles. The number of aryl methyl sites for hydroxylation is 4. The molecule has 1 aliphatic carbocycles. The zero-order chi connectivity index (χ0) is 40.3. The third-order valence-corrected chi connectivity index (χ3v) is 15.3. The van der Waals surface area contributed by atoms with E-state index in [1.807, 2.05) is 22.7 Å². The third kappa shape index (κ3) is 12.8. The van der Waals surface area contributed by atoms with E-state index in [4.69, 9.17) is 9.97 Å². The summed E-state index contributed by atoms with van der Waals surface area (Å²) in [7, 11) is 0. The van der Waals surface area contributed by atoms with Gasteiger partial charge in [-0.05, 0) is 86.3 Å². The van der Waals surface area contributed by atoms with Crippen molar-refractivity contribution in [1.82, 2.24) is 9.97 Å². The van der Waals surface area contributed by atoms with Crippen molar-refractivity contribution in [1.29, 1.82) is 0 Å². The van der Waals surface area contributed by atoms with Gasteiger partial charge in [-0.1, -0.05) is 205 Å². The zero-order valence-electron chi connectivity index (χ0n) is 37.5. The van der Waals surface area contributed by atoms with Crippen LogP contribution in [0.5, 0.6) is 0 Å². The lowest BCUT2D eigenvalue weighted by atomic mass is 9.70. The van der Waals surface area contributed by atoms with Crippen LogP contribution in [0.3, 0.4) is 0 Å². The quantitative estimate of drug-likeness (QED) is 0.0490. The SMILES string of the molecule is CCCCCCCCc1nc(-c2nc(CCCCCCCC)c(-c3ccc4c(c3)C(CCCCCCCC)(CCCCCCCC)c3cc(C)ccc3-4)s2)sc1C. The van der Waals surface area contributed by atoms with E-state index in [1.54, 1.807) is 11.1 Å². The van der Waals surface area contributed by atoms with Gasteiger partial charge in [-0.2, -0.15) is 0 Å². The predicted octanol–water partition coefficient (Wildman–Crippen LogP) is 18.1. The molecule has 2 nitrogen and oxygen atoms in total. The van der Waals surface area contributed by atoms with Crippen molar-refractivity contribution < 1.29 is 0 Å². The van der Waals surface area contributed by atoms with E-state index >= 15 is 0 Å². The Morgan fingerprint density at radius 1 is 0.456 bits per heavy atom. The minimum Gasteiger partial charge on any atom is -0.238 e. The summed E-state index contributed by atoms with van der Waals surface area (Å²) in [6.45, 7) is 13.9. The first-order valence-corrected chi connectivity index (χ1v) is 25.8. The van der Waals surface area contributed by atoms with Gasteiger partial charge in [-0.15, -0.1) is 22.7 Å². The molecule has 314 valence electrons. The Labute approximate surface area is 358 Å². The Morgan fingerprint density at radius 2 is 0.895 bits per heavy atom. The van der Waals surface area contributed by atoms with Gasteiger partial charge >= 0.3 is 0 Å². The molecule has 0 fully saturated rings. The van der Waals surface area contributed by atoms with Crippen molar-refractivity contribution in [3.63, 3.8) is 0 Å². The summed E-state index contributed by atoms with van der Waals surface area (Å²) in [6, 6.07) is 15.0. The Balaban J connectivity index is 1.49. The average Bonchev–Trinajstić information content (AvgIpc) is 3.89. The highest BCUT2D eigenvalue weighted by Crippen LogP contribution is 2.55. The van der Waals surface area contributed by atoms with Crippen LogP contribution in [0.15, 0.2) is 36.4 Å². The van der Waals surface area contributed by atoms with Crippen LogP contribution in [0.2, 0.25) is 0 Å². The van der Waals surface area contributed by atoms with Crippen LogP contribution < -0.4 is 0 Å². The van der Waals surface area contributed by atoms with Crippen LogP contribution in [0.25, 0.3) is 31.6 Å². The van der Waals surface area contributed by atoms with Gasteiger partial charge in [0.2, 0.25) is 0 Å². The first-order valence-electron chi connectivity index (χ1n) is 24.2. The molecular formula is C53H80N2S2. The molecule has 0 amide bonds. The van der Waals surface area contributed by atoms with Crippen LogP contribution in [0, 0.1) is 13.8 Å². The molecule has 1 aliphatic rings. The molecule has 0 radical (unpaired) electrons. The first kappa shape index (κ1) is 45.8.